The number of anilines is 1. The fourth-order valence-electron chi connectivity index (χ4n) is 6.39. The highest BCUT2D eigenvalue weighted by Gasteiger charge is 2.53. The second-order valence-corrected chi connectivity index (χ2v) is 18.5. The number of hydrogen-bond donors (Lipinski definition) is 4. The van der Waals surface area contributed by atoms with Crippen molar-refractivity contribution in [3.05, 3.63) is 105 Å². The van der Waals surface area contributed by atoms with Gasteiger partial charge in [-0.2, -0.15) is 0 Å². The van der Waals surface area contributed by atoms with Gasteiger partial charge in [0.15, 0.2) is 30.1 Å². The van der Waals surface area contributed by atoms with Gasteiger partial charge in [-0.3, -0.25) is 37.0 Å². The van der Waals surface area contributed by atoms with Crippen LogP contribution in [-0.4, -0.2) is 88.8 Å². The van der Waals surface area contributed by atoms with Crippen LogP contribution in [0.2, 0.25) is 0 Å². The summed E-state index contributed by atoms with van der Waals surface area (Å²) in [5, 5.41) is 9.50. The molecule has 9 atom stereocenters. The highest BCUT2D eigenvalue weighted by Crippen LogP contribution is 2.64. The van der Waals surface area contributed by atoms with Crippen molar-refractivity contribution >= 4 is 49.0 Å². The van der Waals surface area contributed by atoms with E-state index in [0.29, 0.717) is 16.9 Å². The molecule has 5 aromatic rings. The van der Waals surface area contributed by atoms with E-state index in [-0.39, 0.29) is 46.2 Å². The fourth-order valence-corrected chi connectivity index (χ4v) is 10.7. The average molecular weight is 864 g/mol. The van der Waals surface area contributed by atoms with Gasteiger partial charge in [0.25, 0.3) is 5.56 Å². The van der Waals surface area contributed by atoms with Gasteiger partial charge in [-0.15, -0.1) is 0 Å². The van der Waals surface area contributed by atoms with Crippen molar-refractivity contribution in [1.29, 1.82) is 0 Å². The summed E-state index contributed by atoms with van der Waals surface area (Å²) in [6.07, 6.45) is -7.41. The number of phosphoric acid groups is 1. The van der Waals surface area contributed by atoms with Gasteiger partial charge >= 0.3 is 26.3 Å². The van der Waals surface area contributed by atoms with Crippen LogP contribution in [0.25, 0.3) is 11.2 Å². The van der Waals surface area contributed by atoms with E-state index < -0.39 is 88.1 Å². The number of imidazole rings is 1. The number of carbonyl (C=O) groups excluding carboxylic acids is 1. The monoisotopic (exact) mass is 863 g/mol. The SMILES string of the molecule is Nc1ncnc2c1ncn2[C@@H]1OC2COP(=O)(O)O[C@@H]3C[C@@H](COP(=O)(SCc4ccc(OC(=O)c5ccc(O)cc5)cc4)O[C@H]2[C@H]1F)O[C@H]3n1ccc(=O)[nH]c1=O. The topological polar surface area (TPSA) is 281 Å². The molecule has 3 aliphatic heterocycles. The Morgan fingerprint density at radius 3 is 2.50 bits per heavy atom. The molecule has 0 saturated carbocycles. The van der Waals surface area contributed by atoms with E-state index in [2.05, 4.69) is 19.9 Å². The Balaban J connectivity index is 1.07. The minimum absolute atomic E-state index is 0.00905. The summed E-state index contributed by atoms with van der Waals surface area (Å²) in [7, 11) is -5.03. The van der Waals surface area contributed by atoms with Gasteiger partial charge in [-0.1, -0.05) is 12.1 Å². The first kappa shape index (κ1) is 40.0. The lowest BCUT2D eigenvalue weighted by Gasteiger charge is -2.27. The molecule has 3 aromatic heterocycles. The molecule has 0 spiro atoms. The van der Waals surface area contributed by atoms with Crippen LogP contribution in [0.1, 0.15) is 34.8 Å². The maximum absolute atomic E-state index is 16.7. The number of halogens is 1. The first-order chi connectivity index (χ1) is 27.7. The first-order valence-corrected chi connectivity index (χ1v) is 21.9. The molecule has 0 radical (unpaired) electrons. The number of hydrogen-bond acceptors (Lipinski definition) is 18. The summed E-state index contributed by atoms with van der Waals surface area (Å²) in [5.74, 6) is -0.524. The van der Waals surface area contributed by atoms with Crippen molar-refractivity contribution in [2.75, 3.05) is 18.9 Å². The Morgan fingerprint density at radius 2 is 1.74 bits per heavy atom. The normalized spacial score (nSPS) is 30.2. The number of phosphoric ester groups is 1. The number of ether oxygens (including phenoxy) is 3. The number of nitrogens with two attached hydrogens (primary N) is 1. The second-order valence-electron chi connectivity index (χ2n) is 13.1. The predicted octanol–water partition coefficient (Wildman–Crippen LogP) is 3.37. The molecule has 0 aliphatic carbocycles. The Labute approximate surface area is 329 Å². The number of alkyl halides is 1. The molecule has 3 fully saturated rings. The number of fused-ring (bicyclic) bond motifs is 4. The Morgan fingerprint density at radius 1 is 0.966 bits per heavy atom. The minimum atomic E-state index is -5.03. The lowest BCUT2D eigenvalue weighted by atomic mass is 10.1. The predicted molar refractivity (Wildman–Crippen MR) is 198 cm³/mol. The summed E-state index contributed by atoms with van der Waals surface area (Å²) >= 11 is 0.682. The van der Waals surface area contributed by atoms with E-state index >= 15 is 4.39 Å². The first-order valence-electron chi connectivity index (χ1n) is 17.3. The second kappa shape index (κ2) is 16.1. The number of rotatable bonds is 7. The number of benzene rings is 2. The van der Waals surface area contributed by atoms with E-state index in [9.17, 15) is 33.5 Å². The van der Waals surface area contributed by atoms with Crippen molar-refractivity contribution in [1.82, 2.24) is 29.1 Å². The summed E-state index contributed by atoms with van der Waals surface area (Å²) in [6, 6.07) is 12.7. The van der Waals surface area contributed by atoms with Gasteiger partial charge in [0, 0.05) is 24.4 Å². The molecule has 21 nitrogen and oxygen atoms in total. The summed E-state index contributed by atoms with van der Waals surface area (Å²) in [6.45, 7) is -5.79. The molecule has 58 heavy (non-hydrogen) atoms. The third-order valence-electron chi connectivity index (χ3n) is 9.16. The van der Waals surface area contributed by atoms with Crippen LogP contribution in [0.15, 0.2) is 83.0 Å². The van der Waals surface area contributed by atoms with Crippen molar-refractivity contribution < 1.29 is 60.6 Å². The van der Waals surface area contributed by atoms with Gasteiger partial charge in [0.05, 0.1) is 31.2 Å². The van der Waals surface area contributed by atoms with E-state index in [4.69, 9.17) is 38.0 Å². The highest BCUT2D eigenvalue weighted by atomic mass is 32.7. The summed E-state index contributed by atoms with van der Waals surface area (Å²) < 4.78 is 86.9. The van der Waals surface area contributed by atoms with E-state index in [1.165, 1.54) is 47.3 Å². The number of nitrogens with zero attached hydrogens (tertiary/aromatic N) is 5. The number of phenolic OH excluding ortho intramolecular Hbond substituents is 1. The van der Waals surface area contributed by atoms with Crippen LogP contribution in [-0.2, 0) is 42.5 Å². The van der Waals surface area contributed by atoms with Gasteiger partial charge in [0.1, 0.15) is 41.7 Å². The van der Waals surface area contributed by atoms with Crippen molar-refractivity contribution in [2.24, 2.45) is 0 Å². The number of nitrogen functional groups attached to an aromatic ring is 1. The van der Waals surface area contributed by atoms with Crippen molar-refractivity contribution in [3.63, 3.8) is 0 Å². The van der Waals surface area contributed by atoms with Crippen LogP contribution < -0.4 is 21.7 Å². The zero-order valence-electron chi connectivity index (χ0n) is 29.6. The summed E-state index contributed by atoms with van der Waals surface area (Å²) in [5.41, 5.74) is 5.31. The maximum Gasteiger partial charge on any atom is 0.472 e. The van der Waals surface area contributed by atoms with Crippen LogP contribution in [0, 0.1) is 0 Å². The van der Waals surface area contributed by atoms with E-state index in [0.717, 1.165) is 23.2 Å². The van der Waals surface area contributed by atoms with Crippen LogP contribution in [0.5, 0.6) is 11.5 Å². The molecule has 2 aromatic carbocycles. The highest BCUT2D eigenvalue weighted by molar-refractivity contribution is 8.54. The van der Waals surface area contributed by atoms with E-state index in [1.807, 2.05) is 0 Å². The number of H-pyrrole nitrogens is 1. The Hall–Kier alpha value is -4.80. The molecule has 3 aliphatic rings. The third-order valence-corrected chi connectivity index (χ3v) is 13.8. The van der Waals surface area contributed by atoms with Crippen LogP contribution in [0.4, 0.5) is 10.2 Å². The van der Waals surface area contributed by atoms with Crippen molar-refractivity contribution in [2.45, 2.75) is 55.2 Å². The molecule has 306 valence electrons. The van der Waals surface area contributed by atoms with E-state index in [1.54, 1.807) is 12.1 Å². The summed E-state index contributed by atoms with van der Waals surface area (Å²) in [4.78, 5) is 62.1. The van der Waals surface area contributed by atoms with Crippen molar-refractivity contribution in [3.8, 4) is 11.5 Å². The zero-order valence-corrected chi connectivity index (χ0v) is 32.2. The lowest BCUT2D eigenvalue weighted by molar-refractivity contribution is -0.0652. The third kappa shape index (κ3) is 8.50. The average Bonchev–Trinajstić information content (AvgIpc) is 3.88. The lowest BCUT2D eigenvalue weighted by Crippen LogP contribution is -2.36. The quantitative estimate of drug-likeness (QED) is 0.104. The smallest absolute Gasteiger partial charge is 0.472 e. The number of carbonyl (C=O) groups is 1. The van der Waals surface area contributed by atoms with Gasteiger partial charge in [0.2, 0.25) is 0 Å². The van der Waals surface area contributed by atoms with Gasteiger partial charge < -0.3 is 29.9 Å². The number of aromatic nitrogens is 6. The molecule has 3 unspecified atom stereocenters. The molecule has 25 heteroatoms. The molecule has 5 N–H and O–H groups in total. The largest absolute Gasteiger partial charge is 0.508 e. The number of esters is 1. The number of phenols is 1. The molecular formula is C33H32FN7O14P2S. The fraction of sp³-hybridized carbons (Fsp3) is 0.333. The molecule has 0 amide bonds. The number of nitrogens with one attached hydrogen (secondary N) is 1. The van der Waals surface area contributed by atoms with Gasteiger partial charge in [-0.05, 0) is 53.3 Å². The van der Waals surface area contributed by atoms with Crippen LogP contribution in [0.3, 0.4) is 0 Å². The Bertz CT molecular complexity index is 2540. The molecule has 3 saturated heterocycles. The maximum atomic E-state index is 16.7. The zero-order chi connectivity index (χ0) is 40.8. The number of aromatic hydroxyl groups is 1. The molecule has 2 bridgehead atoms. The van der Waals surface area contributed by atoms with Crippen LogP contribution >= 0.6 is 26.0 Å². The minimum Gasteiger partial charge on any atom is -0.508 e. The molecular weight excluding hydrogens is 831 g/mol. The Kier molecular flexibility index (Phi) is 11.1. The van der Waals surface area contributed by atoms with Gasteiger partial charge in [-0.25, -0.2) is 38.1 Å². The molecule has 8 rings (SSSR count). The molecule has 6 heterocycles. The number of aromatic amines is 1. The standard InChI is InChI=1S/C33H32FN7O14P2S/c34-25-27-23(53-31(25)41-16-38-26-28(35)36-15-37-29(26)41)13-49-56(46,47)54-22-11-21(51-30(22)40-10-9-24(43)39-33(40)45)12-50-57(48,55-27)58-14-17-1-7-20(8-2-17)52-32(44)18-3-5-19(42)6-4-18/h1-10,15-16,21-23,25,27,30-31,42H,11-14H2,(H,46,47)(H2,35,36,37)(H,39,43,45)/t21-,22+,23?,25+,27+,30+,31+,57?/m0/s1.